The van der Waals surface area contributed by atoms with Crippen molar-refractivity contribution in [3.05, 3.63) is 23.9 Å². The van der Waals surface area contributed by atoms with Crippen LogP contribution in [0, 0.1) is 0 Å². The van der Waals surface area contributed by atoms with Gasteiger partial charge in [0.25, 0.3) is 0 Å². The van der Waals surface area contributed by atoms with Crippen molar-refractivity contribution in [2.45, 2.75) is 18.9 Å². The van der Waals surface area contributed by atoms with Crippen molar-refractivity contribution in [3.8, 4) is 0 Å². The zero-order valence-corrected chi connectivity index (χ0v) is 6.96. The highest BCUT2D eigenvalue weighted by molar-refractivity contribution is 5.33. The summed E-state index contributed by atoms with van der Waals surface area (Å²) in [6.45, 7) is 1.12. The van der Waals surface area contributed by atoms with Crippen LogP contribution in [0.25, 0.3) is 0 Å². The molecule has 3 nitrogen and oxygen atoms in total. The topological polar surface area (TPSA) is 50.9 Å². The molecule has 2 heterocycles. The summed E-state index contributed by atoms with van der Waals surface area (Å²) >= 11 is 0. The molecule has 0 bridgehead atoms. The first-order valence-corrected chi connectivity index (χ1v) is 4.31. The lowest BCUT2D eigenvalue weighted by atomic mass is 10.1. The molecule has 0 amide bonds. The molecule has 0 aromatic carbocycles. The Hall–Kier alpha value is -1.09. The molecular formula is C9H13N3. The molecule has 3 N–H and O–H groups in total. The molecule has 12 heavy (non-hydrogen) atoms. The van der Waals surface area contributed by atoms with Crippen molar-refractivity contribution in [3.63, 3.8) is 0 Å². The molecule has 1 atom stereocenters. The molecule has 0 aliphatic carbocycles. The number of nitrogen functional groups attached to an aromatic ring is 1. The highest BCUT2D eigenvalue weighted by Gasteiger charge is 2.15. The lowest BCUT2D eigenvalue weighted by Gasteiger charge is -2.09. The van der Waals surface area contributed by atoms with Gasteiger partial charge in [0, 0.05) is 12.2 Å². The number of anilines is 1. The van der Waals surface area contributed by atoms with Gasteiger partial charge in [-0.3, -0.25) is 0 Å². The number of aromatic nitrogens is 1. The van der Waals surface area contributed by atoms with Crippen molar-refractivity contribution >= 4 is 5.82 Å². The minimum Gasteiger partial charge on any atom is -0.384 e. The van der Waals surface area contributed by atoms with Crippen molar-refractivity contribution in [2.24, 2.45) is 0 Å². The molecule has 1 saturated heterocycles. The molecule has 1 unspecified atom stereocenters. The SMILES string of the molecule is Nc1cc(C2CCCN2)ccn1. The lowest BCUT2D eigenvalue weighted by Crippen LogP contribution is -2.13. The molecule has 1 aromatic heterocycles. The second-order valence-electron chi connectivity index (χ2n) is 3.16. The summed E-state index contributed by atoms with van der Waals surface area (Å²) in [7, 11) is 0. The van der Waals surface area contributed by atoms with Crippen molar-refractivity contribution in [1.82, 2.24) is 10.3 Å². The maximum atomic E-state index is 5.59. The van der Waals surface area contributed by atoms with E-state index in [2.05, 4.69) is 10.3 Å². The number of hydrogen-bond donors (Lipinski definition) is 2. The Morgan fingerprint density at radius 1 is 1.58 bits per heavy atom. The van der Waals surface area contributed by atoms with E-state index in [0.29, 0.717) is 11.9 Å². The van der Waals surface area contributed by atoms with Crippen LogP contribution in [0.2, 0.25) is 0 Å². The van der Waals surface area contributed by atoms with E-state index in [-0.39, 0.29) is 0 Å². The van der Waals surface area contributed by atoms with Gasteiger partial charge in [0.05, 0.1) is 0 Å². The summed E-state index contributed by atoms with van der Waals surface area (Å²) in [6.07, 6.45) is 4.24. The van der Waals surface area contributed by atoms with Gasteiger partial charge in [0.1, 0.15) is 5.82 Å². The molecule has 0 radical (unpaired) electrons. The number of nitrogens with one attached hydrogen (secondary N) is 1. The molecule has 2 rings (SSSR count). The van der Waals surface area contributed by atoms with Crippen LogP contribution in [-0.2, 0) is 0 Å². The monoisotopic (exact) mass is 163 g/mol. The predicted molar refractivity (Wildman–Crippen MR) is 48.6 cm³/mol. The summed E-state index contributed by atoms with van der Waals surface area (Å²) in [4.78, 5) is 3.96. The summed E-state index contributed by atoms with van der Waals surface area (Å²) < 4.78 is 0. The largest absolute Gasteiger partial charge is 0.384 e. The number of rotatable bonds is 1. The Kier molecular flexibility index (Phi) is 1.96. The minimum absolute atomic E-state index is 0.496. The van der Waals surface area contributed by atoms with Gasteiger partial charge in [-0.2, -0.15) is 0 Å². The zero-order chi connectivity index (χ0) is 8.39. The summed E-state index contributed by atoms with van der Waals surface area (Å²) in [5.74, 6) is 0.612. The number of hydrogen-bond acceptors (Lipinski definition) is 3. The third-order valence-electron chi connectivity index (χ3n) is 2.27. The van der Waals surface area contributed by atoms with Gasteiger partial charge in [-0.15, -0.1) is 0 Å². The third kappa shape index (κ3) is 1.41. The maximum Gasteiger partial charge on any atom is 0.123 e. The molecule has 1 fully saturated rings. The van der Waals surface area contributed by atoms with Crippen molar-refractivity contribution < 1.29 is 0 Å². The normalized spacial score (nSPS) is 22.8. The first-order chi connectivity index (χ1) is 5.86. The Balaban J connectivity index is 2.21. The first kappa shape index (κ1) is 7.55. The predicted octanol–water partition coefficient (Wildman–Crippen LogP) is 1.09. The average Bonchev–Trinajstić information content (AvgIpc) is 2.56. The fourth-order valence-electron chi connectivity index (χ4n) is 1.65. The van der Waals surface area contributed by atoms with Crippen LogP contribution in [0.3, 0.4) is 0 Å². The Bertz CT molecular complexity index is 266. The van der Waals surface area contributed by atoms with E-state index in [1.807, 2.05) is 12.1 Å². The van der Waals surface area contributed by atoms with E-state index in [9.17, 15) is 0 Å². The maximum absolute atomic E-state index is 5.59. The molecule has 1 aromatic rings. The fourth-order valence-corrected chi connectivity index (χ4v) is 1.65. The van der Waals surface area contributed by atoms with E-state index in [1.165, 1.54) is 18.4 Å². The Morgan fingerprint density at radius 3 is 3.17 bits per heavy atom. The summed E-state index contributed by atoms with van der Waals surface area (Å²) in [5.41, 5.74) is 6.85. The standard InChI is InChI=1S/C9H13N3/c10-9-6-7(3-5-12-9)8-2-1-4-11-8/h3,5-6,8,11H,1-2,4H2,(H2,10,12). The number of nitrogens with zero attached hydrogens (tertiary/aromatic N) is 1. The Morgan fingerprint density at radius 2 is 2.50 bits per heavy atom. The van der Waals surface area contributed by atoms with Gasteiger partial charge in [-0.1, -0.05) is 0 Å². The van der Waals surface area contributed by atoms with E-state index >= 15 is 0 Å². The van der Waals surface area contributed by atoms with Gasteiger partial charge in [-0.25, -0.2) is 4.98 Å². The van der Waals surface area contributed by atoms with Gasteiger partial charge < -0.3 is 11.1 Å². The van der Waals surface area contributed by atoms with E-state index in [4.69, 9.17) is 5.73 Å². The number of pyridine rings is 1. The molecular weight excluding hydrogens is 150 g/mol. The molecule has 0 spiro atoms. The zero-order valence-electron chi connectivity index (χ0n) is 6.96. The smallest absolute Gasteiger partial charge is 0.123 e. The Labute approximate surface area is 72.0 Å². The summed E-state index contributed by atoms with van der Waals surface area (Å²) in [6, 6.07) is 4.47. The van der Waals surface area contributed by atoms with Gasteiger partial charge in [0.15, 0.2) is 0 Å². The quantitative estimate of drug-likeness (QED) is 0.651. The second-order valence-corrected chi connectivity index (χ2v) is 3.16. The first-order valence-electron chi connectivity index (χ1n) is 4.31. The minimum atomic E-state index is 0.496. The van der Waals surface area contributed by atoms with Gasteiger partial charge in [0.2, 0.25) is 0 Å². The molecule has 1 aliphatic rings. The van der Waals surface area contributed by atoms with Crippen molar-refractivity contribution in [2.75, 3.05) is 12.3 Å². The number of nitrogens with two attached hydrogens (primary N) is 1. The summed E-state index contributed by atoms with van der Waals surface area (Å²) in [5, 5.41) is 3.42. The van der Waals surface area contributed by atoms with Crippen LogP contribution in [-0.4, -0.2) is 11.5 Å². The van der Waals surface area contributed by atoms with Crippen molar-refractivity contribution in [1.29, 1.82) is 0 Å². The van der Waals surface area contributed by atoms with E-state index in [1.54, 1.807) is 6.20 Å². The molecule has 64 valence electrons. The fraction of sp³-hybridized carbons (Fsp3) is 0.444. The molecule has 1 aliphatic heterocycles. The van der Waals surface area contributed by atoms with Crippen LogP contribution >= 0.6 is 0 Å². The van der Waals surface area contributed by atoms with E-state index < -0.39 is 0 Å². The van der Waals surface area contributed by atoms with Crippen LogP contribution in [0.5, 0.6) is 0 Å². The highest BCUT2D eigenvalue weighted by Crippen LogP contribution is 2.22. The van der Waals surface area contributed by atoms with Gasteiger partial charge in [-0.05, 0) is 37.1 Å². The van der Waals surface area contributed by atoms with Crippen LogP contribution in [0.1, 0.15) is 24.4 Å². The second kappa shape index (κ2) is 3.11. The van der Waals surface area contributed by atoms with E-state index in [0.717, 1.165) is 6.54 Å². The van der Waals surface area contributed by atoms with Crippen LogP contribution in [0.4, 0.5) is 5.82 Å². The lowest BCUT2D eigenvalue weighted by molar-refractivity contribution is 0.647. The average molecular weight is 163 g/mol. The third-order valence-corrected chi connectivity index (χ3v) is 2.27. The van der Waals surface area contributed by atoms with Crippen LogP contribution < -0.4 is 11.1 Å². The van der Waals surface area contributed by atoms with Gasteiger partial charge >= 0.3 is 0 Å². The molecule has 0 saturated carbocycles. The molecule has 3 heteroatoms. The highest BCUT2D eigenvalue weighted by atomic mass is 14.9. The van der Waals surface area contributed by atoms with Crippen LogP contribution in [0.15, 0.2) is 18.3 Å².